The van der Waals surface area contributed by atoms with Crippen LogP contribution in [-0.4, -0.2) is 75.5 Å². The minimum Gasteiger partial charge on any atom is -0.544 e. The van der Waals surface area contributed by atoms with E-state index in [1.54, 1.807) is 21.1 Å². The number of carbonyl (C=O) groups is 3. The van der Waals surface area contributed by atoms with Crippen LogP contribution in [-0.2, 0) is 28.6 Å². The molecule has 0 N–H and O–H groups in total. The van der Waals surface area contributed by atoms with Gasteiger partial charge in [-0.1, -0.05) is 141 Å². The standard InChI is InChI=1S/C42H77NO7/c1-6-8-10-12-14-15-16-17-18-19-20-21-22-23-24-25-27-28-30-32-40(44)49-37-38(36-48-35-34-39(42(46)47)43(3,4)5)50-41(45)33-31-29-26-13-11-9-7-2/h14-17,38-39H,6-13,18-37H2,1-5H3/b15-14+,17-16+. The van der Waals surface area contributed by atoms with Crippen LogP contribution in [0.5, 0.6) is 0 Å². The van der Waals surface area contributed by atoms with Crippen molar-refractivity contribution in [1.82, 2.24) is 0 Å². The second-order valence-electron chi connectivity index (χ2n) is 14.9. The van der Waals surface area contributed by atoms with Crippen molar-refractivity contribution in [3.8, 4) is 0 Å². The van der Waals surface area contributed by atoms with Crippen molar-refractivity contribution < 1.29 is 38.2 Å². The maximum atomic E-state index is 12.5. The molecule has 0 saturated carbocycles. The van der Waals surface area contributed by atoms with Crippen LogP contribution in [0.25, 0.3) is 0 Å². The first-order chi connectivity index (χ1) is 24.1. The van der Waals surface area contributed by atoms with Gasteiger partial charge in [0.2, 0.25) is 0 Å². The van der Waals surface area contributed by atoms with Gasteiger partial charge in [0.25, 0.3) is 0 Å². The summed E-state index contributed by atoms with van der Waals surface area (Å²) in [6, 6.07) is -0.721. The van der Waals surface area contributed by atoms with Gasteiger partial charge < -0.3 is 28.6 Å². The van der Waals surface area contributed by atoms with E-state index in [9.17, 15) is 19.5 Å². The van der Waals surface area contributed by atoms with Crippen molar-refractivity contribution >= 4 is 17.9 Å². The number of likely N-dealkylation sites (N-methyl/N-ethyl adjacent to an activating group) is 1. The van der Waals surface area contributed by atoms with Crippen molar-refractivity contribution in [1.29, 1.82) is 0 Å². The first-order valence-corrected chi connectivity index (χ1v) is 20.4. The molecule has 0 radical (unpaired) electrons. The second-order valence-corrected chi connectivity index (χ2v) is 14.9. The molecule has 0 fully saturated rings. The zero-order valence-electron chi connectivity index (χ0n) is 33.1. The fraction of sp³-hybridized carbons (Fsp3) is 0.833. The number of quaternary nitrogens is 1. The Bertz CT molecular complexity index is 880. The van der Waals surface area contributed by atoms with Gasteiger partial charge >= 0.3 is 11.9 Å². The van der Waals surface area contributed by atoms with Gasteiger partial charge in [0, 0.05) is 19.3 Å². The third-order valence-corrected chi connectivity index (χ3v) is 9.12. The number of allylic oxidation sites excluding steroid dienone is 4. The van der Waals surface area contributed by atoms with Gasteiger partial charge in [-0.25, -0.2) is 0 Å². The van der Waals surface area contributed by atoms with Crippen LogP contribution in [0.2, 0.25) is 0 Å². The molecule has 0 aromatic rings. The van der Waals surface area contributed by atoms with Crippen molar-refractivity contribution in [2.75, 3.05) is 41.0 Å². The summed E-state index contributed by atoms with van der Waals surface area (Å²) in [6.07, 6.45) is 35.0. The second kappa shape index (κ2) is 33.9. The smallest absolute Gasteiger partial charge is 0.306 e. The summed E-state index contributed by atoms with van der Waals surface area (Å²) in [5.74, 6) is -1.74. The monoisotopic (exact) mass is 708 g/mol. The number of carbonyl (C=O) groups excluding carboxylic acids is 3. The van der Waals surface area contributed by atoms with E-state index in [0.717, 1.165) is 38.5 Å². The highest BCUT2D eigenvalue weighted by Gasteiger charge is 2.25. The Morgan fingerprint density at radius 1 is 0.600 bits per heavy atom. The van der Waals surface area contributed by atoms with E-state index in [4.69, 9.17) is 14.2 Å². The molecule has 292 valence electrons. The topological polar surface area (TPSA) is 102 Å². The van der Waals surface area contributed by atoms with E-state index in [1.807, 2.05) is 0 Å². The third kappa shape index (κ3) is 31.8. The Morgan fingerprint density at radius 3 is 1.54 bits per heavy atom. The number of rotatable bonds is 36. The van der Waals surface area contributed by atoms with Gasteiger partial charge in [0.05, 0.1) is 40.3 Å². The summed E-state index contributed by atoms with van der Waals surface area (Å²) in [7, 11) is 5.39. The molecule has 8 nitrogen and oxygen atoms in total. The van der Waals surface area contributed by atoms with Gasteiger partial charge in [0.15, 0.2) is 6.10 Å². The normalized spacial score (nSPS) is 13.2. The Morgan fingerprint density at radius 2 is 1.04 bits per heavy atom. The van der Waals surface area contributed by atoms with Crippen molar-refractivity contribution in [2.45, 2.75) is 187 Å². The minimum atomic E-state index is -1.13. The van der Waals surface area contributed by atoms with Crippen LogP contribution in [0.15, 0.2) is 24.3 Å². The van der Waals surface area contributed by atoms with E-state index in [0.29, 0.717) is 12.8 Å². The zero-order chi connectivity index (χ0) is 37.1. The number of ether oxygens (including phenoxy) is 3. The van der Waals surface area contributed by atoms with Crippen LogP contribution >= 0.6 is 0 Å². The van der Waals surface area contributed by atoms with Crippen LogP contribution in [0.1, 0.15) is 174 Å². The molecule has 0 aliphatic rings. The van der Waals surface area contributed by atoms with Crippen LogP contribution in [0, 0.1) is 0 Å². The number of unbranched alkanes of at least 4 members (excludes halogenated alkanes) is 19. The molecule has 0 bridgehead atoms. The number of carboxylic acids is 1. The number of nitrogens with zero attached hydrogens (tertiary/aromatic N) is 1. The largest absolute Gasteiger partial charge is 0.544 e. The van der Waals surface area contributed by atoms with Gasteiger partial charge in [-0.15, -0.1) is 0 Å². The van der Waals surface area contributed by atoms with Gasteiger partial charge in [-0.3, -0.25) is 9.59 Å². The molecule has 0 aromatic carbocycles. The summed E-state index contributed by atoms with van der Waals surface area (Å²) in [5, 5.41) is 11.6. The molecule has 50 heavy (non-hydrogen) atoms. The molecule has 0 spiro atoms. The molecule has 0 amide bonds. The van der Waals surface area contributed by atoms with Crippen LogP contribution in [0.4, 0.5) is 0 Å². The maximum Gasteiger partial charge on any atom is 0.306 e. The highest BCUT2D eigenvalue weighted by Crippen LogP contribution is 2.14. The fourth-order valence-electron chi connectivity index (χ4n) is 5.88. The number of hydrogen-bond acceptors (Lipinski definition) is 7. The van der Waals surface area contributed by atoms with Gasteiger partial charge in [-0.2, -0.15) is 0 Å². The van der Waals surface area contributed by atoms with Gasteiger partial charge in [-0.05, 0) is 38.5 Å². The van der Waals surface area contributed by atoms with Crippen molar-refractivity contribution in [2.24, 2.45) is 0 Å². The van der Waals surface area contributed by atoms with Crippen molar-refractivity contribution in [3.05, 3.63) is 24.3 Å². The summed E-state index contributed by atoms with van der Waals surface area (Å²) in [6.45, 7) is 4.58. The van der Waals surface area contributed by atoms with E-state index >= 15 is 0 Å². The highest BCUT2D eigenvalue weighted by atomic mass is 16.6. The molecule has 8 heteroatoms. The first-order valence-electron chi connectivity index (χ1n) is 20.4. The maximum absolute atomic E-state index is 12.5. The van der Waals surface area contributed by atoms with E-state index in [1.165, 1.54) is 103 Å². The zero-order valence-corrected chi connectivity index (χ0v) is 33.1. The predicted octanol–water partition coefficient (Wildman–Crippen LogP) is 9.19. The number of aliphatic carboxylic acids is 1. The SMILES string of the molecule is CCCCC/C=C/C=C/CCCCCCCCCCCCC(=O)OCC(COCCC(C(=O)[O-])[N+](C)(C)C)OC(=O)CCCCCCCCC. The summed E-state index contributed by atoms with van der Waals surface area (Å²) in [5.41, 5.74) is 0. The van der Waals surface area contributed by atoms with Crippen molar-refractivity contribution in [3.63, 3.8) is 0 Å². The number of hydrogen-bond donors (Lipinski definition) is 0. The van der Waals surface area contributed by atoms with Crippen LogP contribution in [0.3, 0.4) is 0 Å². The molecule has 0 aromatic heterocycles. The lowest BCUT2D eigenvalue weighted by molar-refractivity contribution is -0.889. The molecule has 0 aliphatic carbocycles. The highest BCUT2D eigenvalue weighted by molar-refractivity contribution is 5.70. The number of esters is 2. The predicted molar refractivity (Wildman–Crippen MR) is 204 cm³/mol. The molecule has 0 heterocycles. The van der Waals surface area contributed by atoms with E-state index in [2.05, 4.69) is 38.2 Å². The quantitative estimate of drug-likeness (QED) is 0.0277. The third-order valence-electron chi connectivity index (χ3n) is 9.12. The first kappa shape index (κ1) is 47.8. The van der Waals surface area contributed by atoms with Crippen LogP contribution < -0.4 is 5.11 Å². The average molecular weight is 708 g/mol. The molecule has 0 aliphatic heterocycles. The minimum absolute atomic E-state index is 0.0425. The van der Waals surface area contributed by atoms with E-state index < -0.39 is 18.1 Å². The lowest BCUT2D eigenvalue weighted by Gasteiger charge is -2.34. The molecular weight excluding hydrogens is 630 g/mol. The lowest BCUT2D eigenvalue weighted by atomic mass is 10.1. The number of carboxylic acid groups (broad SMARTS) is 1. The molecule has 2 atom stereocenters. The summed E-state index contributed by atoms with van der Waals surface area (Å²) >= 11 is 0. The molecule has 0 saturated heterocycles. The molecular formula is C42H77NO7. The Hall–Kier alpha value is -2.19. The van der Waals surface area contributed by atoms with E-state index in [-0.39, 0.29) is 42.7 Å². The average Bonchev–Trinajstić information content (AvgIpc) is 3.06. The summed E-state index contributed by atoms with van der Waals surface area (Å²) < 4.78 is 17.0. The molecule has 0 rings (SSSR count). The Labute approximate surface area is 307 Å². The Kier molecular flexibility index (Phi) is 32.4. The fourth-order valence-corrected chi connectivity index (χ4v) is 5.88. The summed E-state index contributed by atoms with van der Waals surface area (Å²) in [4.78, 5) is 36.6. The van der Waals surface area contributed by atoms with Gasteiger partial charge in [0.1, 0.15) is 12.6 Å². The molecule has 2 unspecified atom stereocenters. The lowest BCUT2D eigenvalue weighted by Crippen LogP contribution is -2.55. The Balaban J connectivity index is 4.21.